The largest absolute Gasteiger partial charge is 0.416 e. The molecule has 0 spiro atoms. The maximum atomic E-state index is 13.5. The van der Waals surface area contributed by atoms with Crippen LogP contribution in [0.25, 0.3) is 0 Å². The zero-order valence-corrected chi connectivity index (χ0v) is 18.5. The van der Waals surface area contributed by atoms with E-state index in [1.165, 1.54) is 25.2 Å². The van der Waals surface area contributed by atoms with E-state index in [2.05, 4.69) is 5.32 Å². The maximum Gasteiger partial charge on any atom is 0.416 e. The summed E-state index contributed by atoms with van der Waals surface area (Å²) in [5, 5.41) is 2.91. The number of halogens is 7. The Morgan fingerprint density at radius 1 is 1.03 bits per heavy atom. The quantitative estimate of drug-likeness (QED) is 0.534. The molecule has 182 valence electrons. The van der Waals surface area contributed by atoms with E-state index in [0.717, 1.165) is 17.7 Å². The lowest BCUT2D eigenvalue weighted by Crippen LogP contribution is -2.46. The third-order valence-electron chi connectivity index (χ3n) is 6.13. The number of benzene rings is 2. The summed E-state index contributed by atoms with van der Waals surface area (Å²) in [6, 6.07) is 3.89. The summed E-state index contributed by atoms with van der Waals surface area (Å²) in [6.45, 7) is 0.325. The van der Waals surface area contributed by atoms with Gasteiger partial charge in [0, 0.05) is 24.2 Å². The molecule has 0 radical (unpaired) electrons. The minimum Gasteiger partial charge on any atom is -0.355 e. The average Bonchev–Trinajstić information content (AvgIpc) is 3.57. The minimum atomic E-state index is -5.07. The van der Waals surface area contributed by atoms with Gasteiger partial charge in [0.15, 0.2) is 0 Å². The fraction of sp³-hybridized carbons (Fsp3) is 0.391. The first kappa shape index (κ1) is 24.4. The molecule has 1 aliphatic heterocycles. The Hall–Kier alpha value is -2.75. The molecule has 34 heavy (non-hydrogen) atoms. The van der Waals surface area contributed by atoms with Crippen molar-refractivity contribution in [2.24, 2.45) is 5.92 Å². The van der Waals surface area contributed by atoms with Crippen LogP contribution in [-0.4, -0.2) is 30.3 Å². The molecule has 1 fully saturated rings. The number of carbonyl (C=O) groups excluding carboxylic acids is 2. The van der Waals surface area contributed by atoms with Crippen LogP contribution in [0.4, 0.5) is 26.3 Å². The first-order valence-corrected chi connectivity index (χ1v) is 10.8. The zero-order valence-electron chi connectivity index (χ0n) is 17.7. The Morgan fingerprint density at radius 2 is 1.62 bits per heavy atom. The molecular formula is C23H19ClF6N2O2. The molecule has 11 heteroatoms. The summed E-state index contributed by atoms with van der Waals surface area (Å²) >= 11 is 6.08. The van der Waals surface area contributed by atoms with E-state index in [-0.39, 0.29) is 28.1 Å². The van der Waals surface area contributed by atoms with Crippen LogP contribution in [-0.2, 0) is 17.1 Å². The van der Waals surface area contributed by atoms with Crippen molar-refractivity contribution in [3.8, 4) is 0 Å². The first-order valence-electron chi connectivity index (χ1n) is 10.4. The van der Waals surface area contributed by atoms with Gasteiger partial charge in [0.25, 0.3) is 5.91 Å². The summed E-state index contributed by atoms with van der Waals surface area (Å²) in [7, 11) is 1.25. The van der Waals surface area contributed by atoms with E-state index in [1.807, 2.05) is 0 Å². The molecule has 2 aliphatic rings. The molecule has 1 heterocycles. The lowest BCUT2D eigenvalue weighted by atomic mass is 9.78. The summed E-state index contributed by atoms with van der Waals surface area (Å²) in [4.78, 5) is 27.3. The molecular weight excluding hydrogens is 486 g/mol. The van der Waals surface area contributed by atoms with Gasteiger partial charge in [-0.3, -0.25) is 9.59 Å². The molecule has 1 N–H and O–H groups in total. The highest BCUT2D eigenvalue weighted by Crippen LogP contribution is 2.46. The highest BCUT2D eigenvalue weighted by Gasteiger charge is 2.45. The fourth-order valence-corrected chi connectivity index (χ4v) is 4.40. The number of likely N-dealkylation sites (N-methyl/N-ethyl adjacent to an activating group) is 1. The van der Waals surface area contributed by atoms with Gasteiger partial charge in [-0.25, -0.2) is 0 Å². The molecule has 1 saturated carbocycles. The van der Waals surface area contributed by atoms with Crippen LogP contribution in [0.3, 0.4) is 0 Å². The number of nitrogens with zero attached hydrogens (tertiary/aromatic N) is 1. The second-order valence-electron chi connectivity index (χ2n) is 8.60. The average molecular weight is 505 g/mol. The number of alkyl halides is 6. The number of hydrogen-bond donors (Lipinski definition) is 1. The predicted molar refractivity (Wildman–Crippen MR) is 111 cm³/mol. The number of nitrogens with one attached hydrogen (secondary N) is 1. The molecule has 4 rings (SSSR count). The number of amides is 2. The smallest absolute Gasteiger partial charge is 0.355 e. The molecule has 0 aromatic heterocycles. The third kappa shape index (κ3) is 4.73. The Bertz CT molecular complexity index is 1110. The lowest BCUT2D eigenvalue weighted by molar-refractivity contribution is -0.143. The van der Waals surface area contributed by atoms with Crippen molar-refractivity contribution < 1.29 is 35.9 Å². The van der Waals surface area contributed by atoms with Crippen LogP contribution in [0.2, 0.25) is 5.02 Å². The van der Waals surface area contributed by atoms with Gasteiger partial charge in [0.2, 0.25) is 5.91 Å². The molecule has 1 aliphatic carbocycles. The molecule has 2 aromatic carbocycles. The summed E-state index contributed by atoms with van der Waals surface area (Å²) < 4.78 is 81.0. The van der Waals surface area contributed by atoms with Crippen molar-refractivity contribution in [1.29, 1.82) is 0 Å². The second kappa shape index (κ2) is 8.48. The summed E-state index contributed by atoms with van der Waals surface area (Å²) in [5.74, 6) is -2.24. The van der Waals surface area contributed by atoms with Gasteiger partial charge in [0.1, 0.15) is 0 Å². The first-order chi connectivity index (χ1) is 15.8. The summed E-state index contributed by atoms with van der Waals surface area (Å²) in [5.41, 5.74) is -3.23. The van der Waals surface area contributed by atoms with Crippen LogP contribution in [0.1, 0.15) is 57.4 Å². The van der Waals surface area contributed by atoms with Gasteiger partial charge >= 0.3 is 12.4 Å². The normalized spacial score (nSPS) is 20.8. The Balaban J connectivity index is 1.90. The Labute approximate surface area is 195 Å². The third-order valence-corrected chi connectivity index (χ3v) is 6.36. The zero-order chi connectivity index (χ0) is 25.0. The fourth-order valence-electron chi connectivity index (χ4n) is 4.22. The molecule has 2 aromatic rings. The van der Waals surface area contributed by atoms with E-state index >= 15 is 0 Å². The number of rotatable bonds is 4. The van der Waals surface area contributed by atoms with Crippen molar-refractivity contribution in [2.75, 3.05) is 13.6 Å². The van der Waals surface area contributed by atoms with Crippen molar-refractivity contribution >= 4 is 23.4 Å². The standard InChI is InChI=1S/C23H19ClF6N2O2/c1-32-19(12-6-13(22(25,26)27)8-14(7-12)23(28,29)30)18(20(33)31-10-11-2-3-11)17-9-15(24)4-5-16(17)21(32)34/h4-9,11,18-19H,2-3,10H2,1H3,(H,31,33). The summed E-state index contributed by atoms with van der Waals surface area (Å²) in [6.07, 6.45) is -8.31. The van der Waals surface area contributed by atoms with Crippen LogP contribution in [0.15, 0.2) is 36.4 Å². The van der Waals surface area contributed by atoms with Gasteiger partial charge in [-0.2, -0.15) is 26.3 Å². The van der Waals surface area contributed by atoms with E-state index in [0.29, 0.717) is 18.7 Å². The predicted octanol–water partition coefficient (Wildman–Crippen LogP) is 5.81. The van der Waals surface area contributed by atoms with Crippen LogP contribution in [0.5, 0.6) is 0 Å². The van der Waals surface area contributed by atoms with Gasteiger partial charge < -0.3 is 10.2 Å². The van der Waals surface area contributed by atoms with Gasteiger partial charge in [-0.05, 0) is 66.3 Å². The van der Waals surface area contributed by atoms with Gasteiger partial charge in [0.05, 0.1) is 23.1 Å². The van der Waals surface area contributed by atoms with Crippen molar-refractivity contribution in [3.05, 3.63) is 69.2 Å². The molecule has 0 saturated heterocycles. The topological polar surface area (TPSA) is 49.4 Å². The van der Waals surface area contributed by atoms with Crippen molar-refractivity contribution in [2.45, 2.75) is 37.2 Å². The molecule has 2 atom stereocenters. The number of fused-ring (bicyclic) bond motifs is 1. The van der Waals surface area contributed by atoms with Crippen LogP contribution in [0, 0.1) is 5.92 Å². The number of carbonyl (C=O) groups is 2. The Kier molecular flexibility index (Phi) is 6.08. The van der Waals surface area contributed by atoms with E-state index in [9.17, 15) is 35.9 Å². The van der Waals surface area contributed by atoms with Crippen LogP contribution < -0.4 is 5.32 Å². The molecule has 2 amide bonds. The van der Waals surface area contributed by atoms with E-state index < -0.39 is 52.8 Å². The van der Waals surface area contributed by atoms with Crippen LogP contribution >= 0.6 is 11.6 Å². The van der Waals surface area contributed by atoms with E-state index in [1.54, 1.807) is 0 Å². The maximum absolute atomic E-state index is 13.5. The number of hydrogen-bond acceptors (Lipinski definition) is 2. The lowest BCUT2D eigenvalue weighted by Gasteiger charge is -2.40. The van der Waals surface area contributed by atoms with Crippen molar-refractivity contribution in [3.63, 3.8) is 0 Å². The molecule has 0 bridgehead atoms. The molecule has 2 unspecified atom stereocenters. The monoisotopic (exact) mass is 504 g/mol. The SMILES string of the molecule is CN1C(=O)c2ccc(Cl)cc2C(C(=O)NCC2CC2)C1c1cc(C(F)(F)F)cc(C(F)(F)F)c1. The second-order valence-corrected chi connectivity index (χ2v) is 9.03. The van der Waals surface area contributed by atoms with E-state index in [4.69, 9.17) is 11.6 Å². The minimum absolute atomic E-state index is 0.0150. The highest BCUT2D eigenvalue weighted by atomic mass is 35.5. The van der Waals surface area contributed by atoms with Gasteiger partial charge in [-0.1, -0.05) is 11.6 Å². The van der Waals surface area contributed by atoms with Crippen molar-refractivity contribution in [1.82, 2.24) is 10.2 Å². The Morgan fingerprint density at radius 3 is 2.15 bits per heavy atom. The molecule has 4 nitrogen and oxygen atoms in total. The highest BCUT2D eigenvalue weighted by molar-refractivity contribution is 6.30. The van der Waals surface area contributed by atoms with Gasteiger partial charge in [-0.15, -0.1) is 0 Å².